The Labute approximate surface area is 175 Å². The summed E-state index contributed by atoms with van der Waals surface area (Å²) in [5, 5.41) is 8.26. The van der Waals surface area contributed by atoms with E-state index in [0.717, 1.165) is 0 Å². The molecule has 1 aromatic carbocycles. The van der Waals surface area contributed by atoms with E-state index in [9.17, 15) is 19.2 Å². The Morgan fingerprint density at radius 2 is 1.83 bits per heavy atom. The van der Waals surface area contributed by atoms with Crippen LogP contribution >= 0.6 is 0 Å². The Balaban J connectivity index is 1.85. The van der Waals surface area contributed by atoms with Crippen molar-refractivity contribution in [1.29, 1.82) is 0 Å². The van der Waals surface area contributed by atoms with Crippen molar-refractivity contribution in [2.24, 2.45) is 0 Å². The van der Waals surface area contributed by atoms with Crippen molar-refractivity contribution in [1.82, 2.24) is 20.9 Å². The fourth-order valence-corrected chi connectivity index (χ4v) is 3.78. The second-order valence-electron chi connectivity index (χ2n) is 8.52. The number of carbonyl (C=O) groups is 4. The van der Waals surface area contributed by atoms with E-state index in [1.54, 1.807) is 51.1 Å². The third kappa shape index (κ3) is 4.55. The number of hydrogen-bond donors (Lipinski definition) is 3. The Morgan fingerprint density at radius 1 is 1.17 bits per heavy atom. The van der Waals surface area contributed by atoms with Crippen molar-refractivity contribution in [2.45, 2.75) is 63.9 Å². The normalized spacial score (nSPS) is 25.9. The Hall–Kier alpha value is -3.10. The molecule has 0 spiro atoms. The minimum absolute atomic E-state index is 0.118. The first-order valence-corrected chi connectivity index (χ1v) is 10.1. The monoisotopic (exact) mass is 416 g/mol. The molecule has 0 bridgehead atoms. The molecule has 9 heteroatoms. The van der Waals surface area contributed by atoms with E-state index in [1.807, 2.05) is 6.92 Å². The van der Waals surface area contributed by atoms with E-state index in [-0.39, 0.29) is 24.3 Å². The smallest absolute Gasteiger partial charge is 0.408 e. The molecule has 2 fully saturated rings. The minimum atomic E-state index is -0.922. The van der Waals surface area contributed by atoms with Crippen molar-refractivity contribution >= 4 is 23.8 Å². The van der Waals surface area contributed by atoms with Crippen LogP contribution in [-0.2, 0) is 14.3 Å². The van der Waals surface area contributed by atoms with Gasteiger partial charge in [-0.25, -0.2) is 4.79 Å². The second-order valence-corrected chi connectivity index (χ2v) is 8.52. The summed E-state index contributed by atoms with van der Waals surface area (Å²) in [4.78, 5) is 52.1. The van der Waals surface area contributed by atoms with Crippen LogP contribution in [0.25, 0.3) is 0 Å². The van der Waals surface area contributed by atoms with Gasteiger partial charge in [-0.1, -0.05) is 25.1 Å². The third-order valence-corrected chi connectivity index (χ3v) is 5.11. The zero-order valence-electron chi connectivity index (χ0n) is 17.6. The van der Waals surface area contributed by atoms with Gasteiger partial charge in [0, 0.05) is 12.1 Å². The predicted octanol–water partition coefficient (Wildman–Crippen LogP) is 0.798. The first-order chi connectivity index (χ1) is 14.1. The van der Waals surface area contributed by atoms with Crippen LogP contribution in [-0.4, -0.2) is 65.0 Å². The van der Waals surface area contributed by atoms with Crippen LogP contribution < -0.4 is 16.0 Å². The van der Waals surface area contributed by atoms with E-state index in [2.05, 4.69) is 16.0 Å². The van der Waals surface area contributed by atoms with E-state index >= 15 is 0 Å². The molecule has 30 heavy (non-hydrogen) atoms. The van der Waals surface area contributed by atoms with Crippen molar-refractivity contribution in [2.75, 3.05) is 6.54 Å². The van der Waals surface area contributed by atoms with Gasteiger partial charge < -0.3 is 25.6 Å². The molecule has 0 radical (unpaired) electrons. The molecular weight excluding hydrogens is 388 g/mol. The highest BCUT2D eigenvalue weighted by Crippen LogP contribution is 2.25. The topological polar surface area (TPSA) is 117 Å². The van der Waals surface area contributed by atoms with Crippen LogP contribution in [0, 0.1) is 0 Å². The minimum Gasteiger partial charge on any atom is -0.444 e. The standard InChI is InChI=1S/C21H28N4O5/c1-5-13-19(28)25-11-14(23-17(26)12-9-7-6-8-10-12)15(16(25)18(27)22-13)24-20(29)30-21(2,3)4/h6-10,13-16H,5,11H2,1-4H3,(H,22,27)(H,23,26)(H,24,29)/t13-,14+,15-,16-/m0/s1. The molecule has 9 nitrogen and oxygen atoms in total. The van der Waals surface area contributed by atoms with Crippen LogP contribution in [0.15, 0.2) is 30.3 Å². The number of alkyl carbamates (subject to hydrolysis) is 1. The summed E-state index contributed by atoms with van der Waals surface area (Å²) < 4.78 is 5.32. The number of nitrogens with zero attached hydrogens (tertiary/aromatic N) is 1. The molecular formula is C21H28N4O5. The van der Waals surface area contributed by atoms with Gasteiger partial charge in [-0.2, -0.15) is 0 Å². The van der Waals surface area contributed by atoms with Gasteiger partial charge in [0.2, 0.25) is 11.8 Å². The molecule has 0 unspecified atom stereocenters. The molecule has 2 saturated heterocycles. The number of benzene rings is 1. The SMILES string of the molecule is CC[C@@H]1NC(=O)[C@@H]2[C@@H](NC(=O)OC(C)(C)C)[C@H](NC(=O)c3ccccc3)CN2C1=O. The van der Waals surface area contributed by atoms with Crippen molar-refractivity contribution in [3.8, 4) is 0 Å². The highest BCUT2D eigenvalue weighted by atomic mass is 16.6. The molecule has 4 amide bonds. The highest BCUT2D eigenvalue weighted by molar-refractivity contribution is 5.99. The van der Waals surface area contributed by atoms with E-state index in [4.69, 9.17) is 4.74 Å². The number of amides is 4. The Kier molecular flexibility index (Phi) is 6.00. The quantitative estimate of drug-likeness (QED) is 0.671. The number of piperazine rings is 1. The number of ether oxygens (including phenoxy) is 1. The summed E-state index contributed by atoms with van der Waals surface area (Å²) in [6, 6.07) is 5.60. The molecule has 0 aromatic heterocycles. The van der Waals surface area contributed by atoms with E-state index < -0.39 is 35.9 Å². The van der Waals surface area contributed by atoms with Crippen LogP contribution in [0.3, 0.4) is 0 Å². The third-order valence-electron chi connectivity index (χ3n) is 5.11. The Bertz CT molecular complexity index is 836. The summed E-state index contributed by atoms with van der Waals surface area (Å²) in [6.07, 6.45) is -0.259. The molecule has 2 aliphatic heterocycles. The molecule has 162 valence electrons. The van der Waals surface area contributed by atoms with Gasteiger partial charge in [0.1, 0.15) is 17.7 Å². The van der Waals surface area contributed by atoms with Gasteiger partial charge in [-0.05, 0) is 39.3 Å². The molecule has 1 aromatic rings. The summed E-state index contributed by atoms with van der Waals surface area (Å²) in [6.45, 7) is 7.11. The highest BCUT2D eigenvalue weighted by Gasteiger charge is 2.53. The van der Waals surface area contributed by atoms with Crippen LogP contribution in [0.1, 0.15) is 44.5 Å². The maximum atomic E-state index is 12.8. The summed E-state index contributed by atoms with van der Waals surface area (Å²) >= 11 is 0. The average Bonchev–Trinajstić information content (AvgIpc) is 3.02. The van der Waals surface area contributed by atoms with Crippen LogP contribution in [0.2, 0.25) is 0 Å². The average molecular weight is 416 g/mol. The molecule has 0 saturated carbocycles. The van der Waals surface area contributed by atoms with Gasteiger partial charge in [0.25, 0.3) is 5.91 Å². The number of carbonyl (C=O) groups excluding carboxylic acids is 4. The largest absolute Gasteiger partial charge is 0.444 e. The number of fused-ring (bicyclic) bond motifs is 1. The van der Waals surface area contributed by atoms with Gasteiger partial charge in [-0.3, -0.25) is 14.4 Å². The summed E-state index contributed by atoms with van der Waals surface area (Å²) in [5.41, 5.74) is -0.288. The molecule has 2 aliphatic rings. The predicted molar refractivity (Wildman–Crippen MR) is 109 cm³/mol. The Morgan fingerprint density at radius 3 is 2.43 bits per heavy atom. The molecule has 4 atom stereocenters. The van der Waals surface area contributed by atoms with Gasteiger partial charge in [-0.15, -0.1) is 0 Å². The lowest BCUT2D eigenvalue weighted by Gasteiger charge is -2.36. The maximum absolute atomic E-state index is 12.8. The maximum Gasteiger partial charge on any atom is 0.408 e. The molecule has 3 N–H and O–H groups in total. The lowest BCUT2D eigenvalue weighted by molar-refractivity contribution is -0.147. The molecule has 3 rings (SSSR count). The first-order valence-electron chi connectivity index (χ1n) is 10.1. The van der Waals surface area contributed by atoms with Crippen LogP contribution in [0.4, 0.5) is 4.79 Å². The number of hydrogen-bond acceptors (Lipinski definition) is 5. The zero-order chi connectivity index (χ0) is 22.1. The van der Waals surface area contributed by atoms with Gasteiger partial charge in [0.15, 0.2) is 0 Å². The van der Waals surface area contributed by atoms with Crippen molar-refractivity contribution in [3.63, 3.8) is 0 Å². The first kappa shape index (κ1) is 21.6. The summed E-state index contributed by atoms with van der Waals surface area (Å²) in [5.74, 6) is -0.940. The fraction of sp³-hybridized carbons (Fsp3) is 0.524. The van der Waals surface area contributed by atoms with E-state index in [0.29, 0.717) is 12.0 Å². The molecule has 2 heterocycles. The molecule has 0 aliphatic carbocycles. The number of nitrogens with one attached hydrogen (secondary N) is 3. The van der Waals surface area contributed by atoms with Gasteiger partial charge in [0.05, 0.1) is 12.1 Å². The van der Waals surface area contributed by atoms with Crippen LogP contribution in [0.5, 0.6) is 0 Å². The second kappa shape index (κ2) is 8.33. The lowest BCUT2D eigenvalue weighted by atomic mass is 10.0. The number of rotatable bonds is 4. The van der Waals surface area contributed by atoms with Crippen molar-refractivity contribution in [3.05, 3.63) is 35.9 Å². The van der Waals surface area contributed by atoms with Gasteiger partial charge >= 0.3 is 6.09 Å². The lowest BCUT2D eigenvalue weighted by Crippen LogP contribution is -2.65. The summed E-state index contributed by atoms with van der Waals surface area (Å²) in [7, 11) is 0. The van der Waals surface area contributed by atoms with Crippen molar-refractivity contribution < 1.29 is 23.9 Å². The fourth-order valence-electron chi connectivity index (χ4n) is 3.78. The zero-order valence-corrected chi connectivity index (χ0v) is 17.6. The van der Waals surface area contributed by atoms with E-state index in [1.165, 1.54) is 4.90 Å².